The largest absolute Gasteiger partial charge is 0.340 e. The molecule has 3 heterocycles. The number of nitrogens with one attached hydrogen (secondary N) is 2. The van der Waals surface area contributed by atoms with E-state index in [9.17, 15) is 36.6 Å². The number of carbonyl (C=O) groups excluding carboxylic acids is 4. The fourth-order valence-corrected chi connectivity index (χ4v) is 7.35. The highest BCUT2D eigenvalue weighted by Gasteiger charge is 2.63. The number of hydrogen-bond acceptors (Lipinski definition) is 5. The zero-order chi connectivity index (χ0) is 29.9. The number of amides is 3. The highest BCUT2D eigenvalue weighted by molar-refractivity contribution is 8.00. The quantitative estimate of drug-likeness (QED) is 0.296. The Morgan fingerprint density at radius 3 is 2.37 bits per heavy atom. The van der Waals surface area contributed by atoms with E-state index in [0.717, 1.165) is 6.07 Å². The van der Waals surface area contributed by atoms with Crippen LogP contribution in [0, 0.1) is 12.7 Å². The van der Waals surface area contributed by atoms with Crippen molar-refractivity contribution >= 4 is 56.2 Å². The van der Waals surface area contributed by atoms with E-state index >= 15 is 0 Å². The van der Waals surface area contributed by atoms with Gasteiger partial charge in [-0.2, -0.15) is 0 Å². The third-order valence-corrected chi connectivity index (χ3v) is 10.0. The van der Waals surface area contributed by atoms with Crippen LogP contribution in [0.25, 0.3) is 0 Å². The van der Waals surface area contributed by atoms with Gasteiger partial charge in [-0.05, 0) is 58.9 Å². The molecule has 3 amide bonds. The van der Waals surface area contributed by atoms with Crippen LogP contribution in [0.2, 0.25) is 5.02 Å². The predicted molar refractivity (Wildman–Crippen MR) is 148 cm³/mol. The molecule has 1 saturated heterocycles. The molecule has 14 heteroatoms. The van der Waals surface area contributed by atoms with Crippen molar-refractivity contribution in [2.45, 2.75) is 50.6 Å². The molecule has 0 spiro atoms. The molecule has 0 radical (unpaired) electrons. The minimum atomic E-state index is -3.20. The maximum Gasteiger partial charge on any atom is 0.293 e. The number of aromatic nitrogens is 1. The van der Waals surface area contributed by atoms with Crippen LogP contribution in [0.15, 0.2) is 18.2 Å². The second-order valence-electron chi connectivity index (χ2n) is 10.9. The Bertz CT molecular complexity index is 1580. The SMILES string of the molecule is C=S1(=O)CCN(C(=O)C2(NC(=O)C(=O)c3c(C)c(C(=O)Nc4ccc(F)c(Cl)c4)n4c3CCC4)CC(F)(F)C2)CC1. The van der Waals surface area contributed by atoms with Crippen LogP contribution >= 0.6 is 11.6 Å². The van der Waals surface area contributed by atoms with E-state index in [4.69, 9.17) is 11.6 Å². The minimum absolute atomic E-state index is 0.0225. The lowest BCUT2D eigenvalue weighted by Crippen LogP contribution is -2.71. The summed E-state index contributed by atoms with van der Waals surface area (Å²) in [7, 11) is -2.36. The van der Waals surface area contributed by atoms with Gasteiger partial charge in [0, 0.05) is 55.4 Å². The van der Waals surface area contributed by atoms with Crippen LogP contribution in [0.1, 0.15) is 51.4 Å². The fraction of sp³-hybridized carbons (Fsp3) is 0.444. The van der Waals surface area contributed by atoms with E-state index in [-0.39, 0.29) is 52.1 Å². The summed E-state index contributed by atoms with van der Waals surface area (Å²) in [6.45, 7) is 1.99. The molecule has 1 aliphatic carbocycles. The number of fused-ring (bicyclic) bond motifs is 1. The molecule has 1 saturated carbocycles. The third kappa shape index (κ3) is 5.36. The van der Waals surface area contributed by atoms with Crippen molar-refractivity contribution in [1.29, 1.82) is 0 Å². The normalized spacial score (nSPS) is 20.1. The first-order valence-corrected chi connectivity index (χ1v) is 15.4. The van der Waals surface area contributed by atoms with E-state index in [2.05, 4.69) is 16.5 Å². The van der Waals surface area contributed by atoms with Gasteiger partial charge in [0.1, 0.15) is 17.1 Å². The molecule has 1 aromatic heterocycles. The smallest absolute Gasteiger partial charge is 0.293 e. The Morgan fingerprint density at radius 1 is 1.10 bits per heavy atom. The van der Waals surface area contributed by atoms with E-state index in [0.29, 0.717) is 25.1 Å². The van der Waals surface area contributed by atoms with Crippen LogP contribution in [0.3, 0.4) is 0 Å². The van der Waals surface area contributed by atoms with E-state index < -0.39 is 63.1 Å². The average Bonchev–Trinajstić information content (AvgIpc) is 3.43. The van der Waals surface area contributed by atoms with Crippen LogP contribution < -0.4 is 10.6 Å². The van der Waals surface area contributed by atoms with Gasteiger partial charge in [-0.3, -0.25) is 23.4 Å². The fourth-order valence-electron chi connectivity index (χ4n) is 5.86. The van der Waals surface area contributed by atoms with Gasteiger partial charge < -0.3 is 20.1 Å². The van der Waals surface area contributed by atoms with Gasteiger partial charge in [0.15, 0.2) is 0 Å². The maximum atomic E-state index is 14.1. The monoisotopic (exact) mass is 612 g/mol. The number of halogens is 4. The molecule has 0 bridgehead atoms. The number of ketones is 1. The Labute approximate surface area is 239 Å². The molecule has 0 atom stereocenters. The third-order valence-electron chi connectivity index (χ3n) is 7.87. The first-order valence-electron chi connectivity index (χ1n) is 13.0. The lowest BCUT2D eigenvalue weighted by Gasteiger charge is -2.48. The molecule has 0 unspecified atom stereocenters. The van der Waals surface area contributed by atoms with Gasteiger partial charge in [0.2, 0.25) is 5.91 Å². The number of rotatable bonds is 6. The highest BCUT2D eigenvalue weighted by Crippen LogP contribution is 2.47. The summed E-state index contributed by atoms with van der Waals surface area (Å²) in [5.74, 6) is -3.64. The second-order valence-corrected chi connectivity index (χ2v) is 14.0. The second kappa shape index (κ2) is 10.2. The van der Waals surface area contributed by atoms with Crippen molar-refractivity contribution in [2.24, 2.45) is 0 Å². The number of alkyl halides is 2. The van der Waals surface area contributed by atoms with Gasteiger partial charge in [-0.25, -0.2) is 13.2 Å². The van der Waals surface area contributed by atoms with Gasteiger partial charge in [0.25, 0.3) is 23.5 Å². The lowest BCUT2D eigenvalue weighted by molar-refractivity contribution is -0.173. The van der Waals surface area contributed by atoms with Crippen molar-refractivity contribution in [3.05, 3.63) is 51.6 Å². The summed E-state index contributed by atoms with van der Waals surface area (Å²) < 4.78 is 55.5. The summed E-state index contributed by atoms with van der Waals surface area (Å²) in [5.41, 5.74) is -0.990. The molecule has 2 aliphatic heterocycles. The molecule has 3 aliphatic rings. The summed E-state index contributed by atoms with van der Waals surface area (Å²) in [4.78, 5) is 54.6. The summed E-state index contributed by atoms with van der Waals surface area (Å²) >= 11 is 5.81. The number of carbonyl (C=O) groups is 4. The van der Waals surface area contributed by atoms with Gasteiger partial charge in [-0.15, -0.1) is 0 Å². The van der Waals surface area contributed by atoms with Crippen molar-refractivity contribution in [2.75, 3.05) is 29.9 Å². The summed E-state index contributed by atoms with van der Waals surface area (Å²) in [5, 5.41) is 4.73. The van der Waals surface area contributed by atoms with Crippen molar-refractivity contribution < 1.29 is 36.6 Å². The molecular formula is C27H28ClF3N4O5S. The van der Waals surface area contributed by atoms with Gasteiger partial charge >= 0.3 is 0 Å². The molecule has 9 nitrogen and oxygen atoms in total. The minimum Gasteiger partial charge on any atom is -0.340 e. The zero-order valence-electron chi connectivity index (χ0n) is 22.2. The van der Waals surface area contributed by atoms with Crippen LogP contribution in [0.5, 0.6) is 0 Å². The Balaban J connectivity index is 1.39. The molecular weight excluding hydrogens is 585 g/mol. The van der Waals surface area contributed by atoms with Crippen molar-refractivity contribution in [1.82, 2.24) is 14.8 Å². The van der Waals surface area contributed by atoms with Crippen molar-refractivity contribution in [3.8, 4) is 0 Å². The van der Waals surface area contributed by atoms with E-state index in [1.807, 2.05) is 0 Å². The first-order chi connectivity index (χ1) is 19.1. The number of anilines is 1. The molecule has 220 valence electrons. The van der Waals surface area contributed by atoms with Gasteiger partial charge in [-0.1, -0.05) is 11.6 Å². The summed E-state index contributed by atoms with van der Waals surface area (Å²) in [6, 6.07) is 3.65. The number of Topliss-reactive ketones (excluding diaryl/α,β-unsaturated/α-hetero) is 1. The Kier molecular flexibility index (Phi) is 7.26. The Hall–Kier alpha value is -3.32. The average molecular weight is 613 g/mol. The topological polar surface area (TPSA) is 118 Å². The zero-order valence-corrected chi connectivity index (χ0v) is 23.7. The molecule has 2 N–H and O–H groups in total. The van der Waals surface area contributed by atoms with E-state index in [1.165, 1.54) is 24.0 Å². The predicted octanol–water partition coefficient (Wildman–Crippen LogP) is 2.81. The molecule has 2 aromatic rings. The number of benzene rings is 1. The lowest BCUT2D eigenvalue weighted by atomic mass is 9.72. The van der Waals surface area contributed by atoms with E-state index in [1.54, 1.807) is 4.57 Å². The number of hydrogen-bond donors (Lipinski definition) is 2. The molecule has 2 fully saturated rings. The number of nitrogens with zero attached hydrogens (tertiary/aromatic N) is 2. The van der Waals surface area contributed by atoms with Crippen molar-refractivity contribution in [3.63, 3.8) is 0 Å². The summed E-state index contributed by atoms with van der Waals surface area (Å²) in [6.07, 6.45) is -0.936. The molecule has 5 rings (SSSR count). The molecule has 1 aromatic carbocycles. The standard InChI is InChI=1S/C27H28ClF3N4O5S/c1-15-20(19-4-3-7-35(19)21(15)23(37)32-16-5-6-18(29)17(28)12-16)22(36)24(38)33-26(13-27(30,31)14-26)25(39)34-8-10-41(2,40)11-9-34/h5-6,12H,2-4,7-11,13-14H2,1H3,(H,32,37)(H,33,38). The van der Waals surface area contributed by atoms with Crippen LogP contribution in [-0.2, 0) is 32.1 Å². The highest BCUT2D eigenvalue weighted by atomic mass is 35.5. The van der Waals surface area contributed by atoms with Gasteiger partial charge in [0.05, 0.1) is 10.6 Å². The maximum absolute atomic E-state index is 14.1. The first kappa shape index (κ1) is 29.2. The van der Waals surface area contributed by atoms with Crippen LogP contribution in [-0.4, -0.2) is 79.1 Å². The Morgan fingerprint density at radius 2 is 1.76 bits per heavy atom. The van der Waals surface area contributed by atoms with Crippen LogP contribution in [0.4, 0.5) is 18.9 Å². The molecule has 41 heavy (non-hydrogen) atoms.